The van der Waals surface area contributed by atoms with E-state index in [2.05, 4.69) is 5.32 Å². The van der Waals surface area contributed by atoms with Crippen molar-refractivity contribution in [3.05, 3.63) is 71.0 Å². The van der Waals surface area contributed by atoms with E-state index < -0.39 is 17.8 Å². The molecule has 1 N–H and O–H groups in total. The van der Waals surface area contributed by atoms with Crippen LogP contribution in [0.3, 0.4) is 0 Å². The van der Waals surface area contributed by atoms with Gasteiger partial charge in [0.05, 0.1) is 0 Å². The Balaban J connectivity index is 1.90. The average Bonchev–Trinajstić information content (AvgIpc) is 2.53. The van der Waals surface area contributed by atoms with Crippen LogP contribution >= 0.6 is 0 Å². The highest BCUT2D eigenvalue weighted by atomic mass is 19.1. The highest BCUT2D eigenvalue weighted by molar-refractivity contribution is 5.96. The molecular weight excluding hydrogens is 297 g/mol. The molecule has 1 atom stereocenters. The Bertz CT molecular complexity index is 715. The molecule has 2 aromatic rings. The van der Waals surface area contributed by atoms with E-state index in [1.807, 2.05) is 13.0 Å². The van der Waals surface area contributed by atoms with E-state index in [0.717, 1.165) is 5.56 Å². The maximum atomic E-state index is 13.4. The third-order valence-electron chi connectivity index (χ3n) is 3.31. The predicted molar refractivity (Wildman–Crippen MR) is 84.3 cm³/mol. The van der Waals surface area contributed by atoms with Crippen LogP contribution in [0.5, 0.6) is 0 Å². The van der Waals surface area contributed by atoms with Crippen molar-refractivity contribution in [2.24, 2.45) is 0 Å². The number of nitrogens with one attached hydrogen (secondary N) is 1. The van der Waals surface area contributed by atoms with E-state index in [0.29, 0.717) is 5.56 Å². The number of halogens is 1. The second kappa shape index (κ2) is 7.54. The number of rotatable bonds is 5. The first kappa shape index (κ1) is 16.7. The lowest BCUT2D eigenvalue weighted by atomic mass is 10.1. The zero-order chi connectivity index (χ0) is 16.8. The smallest absolute Gasteiger partial charge is 0.328 e. The standard InChI is InChI=1S/C18H18FNO3/c1-12-6-5-8-14(10-12)17(21)20-13(2)18(22)23-11-15-7-3-4-9-16(15)19/h3-10,13H,11H2,1-2H3,(H,20,21)/t13-/m1/s1. The quantitative estimate of drug-likeness (QED) is 0.863. The molecule has 0 saturated carbocycles. The summed E-state index contributed by atoms with van der Waals surface area (Å²) >= 11 is 0. The number of carbonyl (C=O) groups is 2. The zero-order valence-corrected chi connectivity index (χ0v) is 13.0. The maximum absolute atomic E-state index is 13.4. The fourth-order valence-corrected chi connectivity index (χ4v) is 2.01. The van der Waals surface area contributed by atoms with Gasteiger partial charge in [-0.25, -0.2) is 9.18 Å². The van der Waals surface area contributed by atoms with Crippen molar-refractivity contribution in [3.8, 4) is 0 Å². The highest BCUT2D eigenvalue weighted by Gasteiger charge is 2.18. The minimum atomic E-state index is -0.824. The van der Waals surface area contributed by atoms with Crippen molar-refractivity contribution < 1.29 is 18.7 Å². The highest BCUT2D eigenvalue weighted by Crippen LogP contribution is 2.09. The summed E-state index contributed by atoms with van der Waals surface area (Å²) in [6.45, 7) is 3.23. The Kier molecular flexibility index (Phi) is 5.46. The second-order valence-electron chi connectivity index (χ2n) is 5.26. The molecule has 0 aromatic heterocycles. The molecule has 1 amide bonds. The van der Waals surface area contributed by atoms with Gasteiger partial charge >= 0.3 is 5.97 Å². The molecule has 2 rings (SSSR count). The van der Waals surface area contributed by atoms with Gasteiger partial charge in [0, 0.05) is 11.1 Å². The van der Waals surface area contributed by atoms with E-state index in [1.165, 1.54) is 13.0 Å². The molecule has 4 nitrogen and oxygen atoms in total. The van der Waals surface area contributed by atoms with Crippen LogP contribution < -0.4 is 5.32 Å². The predicted octanol–water partition coefficient (Wildman–Crippen LogP) is 3.00. The fraction of sp³-hybridized carbons (Fsp3) is 0.222. The molecule has 0 unspecified atom stereocenters. The SMILES string of the molecule is Cc1cccc(C(=O)N[C@H](C)C(=O)OCc2ccccc2F)c1. The molecule has 2 aromatic carbocycles. The van der Waals surface area contributed by atoms with Crippen LogP contribution in [0, 0.1) is 12.7 Å². The van der Waals surface area contributed by atoms with E-state index in [9.17, 15) is 14.0 Å². The molecule has 23 heavy (non-hydrogen) atoms. The van der Waals surface area contributed by atoms with Crippen LogP contribution in [0.15, 0.2) is 48.5 Å². The number of ether oxygens (including phenoxy) is 1. The van der Waals surface area contributed by atoms with Crippen molar-refractivity contribution in [1.29, 1.82) is 0 Å². The van der Waals surface area contributed by atoms with E-state index >= 15 is 0 Å². The van der Waals surface area contributed by atoms with Crippen LogP contribution in [-0.4, -0.2) is 17.9 Å². The van der Waals surface area contributed by atoms with Gasteiger partial charge in [0.25, 0.3) is 5.91 Å². The van der Waals surface area contributed by atoms with Gasteiger partial charge in [0.15, 0.2) is 0 Å². The molecule has 0 heterocycles. The molecule has 120 valence electrons. The molecule has 0 fully saturated rings. The molecule has 0 spiro atoms. The molecule has 0 aliphatic heterocycles. The maximum Gasteiger partial charge on any atom is 0.328 e. The zero-order valence-electron chi connectivity index (χ0n) is 13.0. The van der Waals surface area contributed by atoms with Crippen molar-refractivity contribution >= 4 is 11.9 Å². The monoisotopic (exact) mass is 315 g/mol. The van der Waals surface area contributed by atoms with Crippen LogP contribution in [0.25, 0.3) is 0 Å². The number of hydrogen-bond acceptors (Lipinski definition) is 3. The minimum Gasteiger partial charge on any atom is -0.459 e. The van der Waals surface area contributed by atoms with Gasteiger partial charge in [-0.1, -0.05) is 35.9 Å². The summed E-state index contributed by atoms with van der Waals surface area (Å²) in [5.74, 6) is -1.41. The van der Waals surface area contributed by atoms with E-state index in [4.69, 9.17) is 4.74 Å². The van der Waals surface area contributed by atoms with Crippen LogP contribution in [0.4, 0.5) is 4.39 Å². The van der Waals surface area contributed by atoms with Gasteiger partial charge in [-0.05, 0) is 32.0 Å². The summed E-state index contributed by atoms with van der Waals surface area (Å²) < 4.78 is 18.5. The van der Waals surface area contributed by atoms with Crippen LogP contribution in [0.2, 0.25) is 0 Å². The number of aryl methyl sites for hydroxylation is 1. The van der Waals surface area contributed by atoms with Gasteiger partial charge in [-0.2, -0.15) is 0 Å². The first-order valence-corrected chi connectivity index (χ1v) is 7.25. The van der Waals surface area contributed by atoms with E-state index in [1.54, 1.807) is 36.4 Å². The number of amides is 1. The summed E-state index contributed by atoms with van der Waals surface area (Å²) in [6, 6.07) is 12.3. The Morgan fingerprint density at radius 1 is 1.17 bits per heavy atom. The summed E-state index contributed by atoms with van der Waals surface area (Å²) in [6.07, 6.45) is 0. The summed E-state index contributed by atoms with van der Waals surface area (Å²) in [5.41, 5.74) is 1.71. The van der Waals surface area contributed by atoms with Crippen molar-refractivity contribution in [3.63, 3.8) is 0 Å². The van der Waals surface area contributed by atoms with Gasteiger partial charge in [-0.15, -0.1) is 0 Å². The van der Waals surface area contributed by atoms with Gasteiger partial charge in [0.1, 0.15) is 18.5 Å². The first-order chi connectivity index (χ1) is 11.0. The number of hydrogen-bond donors (Lipinski definition) is 1. The third kappa shape index (κ3) is 4.64. The summed E-state index contributed by atoms with van der Waals surface area (Å²) in [5, 5.41) is 2.57. The third-order valence-corrected chi connectivity index (χ3v) is 3.31. The normalized spacial score (nSPS) is 11.6. The summed E-state index contributed by atoms with van der Waals surface area (Å²) in [7, 11) is 0. The molecule has 0 aliphatic rings. The molecule has 0 saturated heterocycles. The molecule has 0 aliphatic carbocycles. The number of esters is 1. The average molecular weight is 315 g/mol. The molecule has 5 heteroatoms. The lowest BCUT2D eigenvalue weighted by Gasteiger charge is -2.14. The van der Waals surface area contributed by atoms with E-state index in [-0.39, 0.29) is 18.1 Å². The molecular formula is C18H18FNO3. The Morgan fingerprint density at radius 3 is 2.61 bits per heavy atom. The van der Waals surface area contributed by atoms with Crippen molar-refractivity contribution in [1.82, 2.24) is 5.32 Å². The number of benzene rings is 2. The Labute approximate surface area is 134 Å². The van der Waals surface area contributed by atoms with Gasteiger partial charge in [-0.3, -0.25) is 4.79 Å². The second-order valence-corrected chi connectivity index (χ2v) is 5.26. The topological polar surface area (TPSA) is 55.4 Å². The van der Waals surface area contributed by atoms with Crippen molar-refractivity contribution in [2.75, 3.05) is 0 Å². The van der Waals surface area contributed by atoms with Crippen LogP contribution in [0.1, 0.15) is 28.4 Å². The summed E-state index contributed by atoms with van der Waals surface area (Å²) in [4.78, 5) is 24.0. The number of carbonyl (C=O) groups excluding carboxylic acids is 2. The lowest BCUT2D eigenvalue weighted by Crippen LogP contribution is -2.39. The largest absolute Gasteiger partial charge is 0.459 e. The molecule has 0 radical (unpaired) electrons. The fourth-order valence-electron chi connectivity index (χ4n) is 2.01. The first-order valence-electron chi connectivity index (χ1n) is 7.25. The van der Waals surface area contributed by atoms with Crippen molar-refractivity contribution in [2.45, 2.75) is 26.5 Å². The van der Waals surface area contributed by atoms with Gasteiger partial charge < -0.3 is 10.1 Å². The molecule has 0 bridgehead atoms. The minimum absolute atomic E-state index is 0.170. The lowest BCUT2D eigenvalue weighted by molar-refractivity contribution is -0.146. The Hall–Kier alpha value is -2.69. The van der Waals surface area contributed by atoms with Gasteiger partial charge in [0.2, 0.25) is 0 Å². The Morgan fingerprint density at radius 2 is 1.91 bits per heavy atom. The van der Waals surface area contributed by atoms with Crippen LogP contribution in [-0.2, 0) is 16.1 Å².